The van der Waals surface area contributed by atoms with Gasteiger partial charge in [-0.2, -0.15) is 0 Å². The highest BCUT2D eigenvalue weighted by Crippen LogP contribution is 2.17. The quantitative estimate of drug-likeness (QED) is 0.545. The Bertz CT molecular complexity index is 336. The van der Waals surface area contributed by atoms with Crippen LogP contribution in [0.15, 0.2) is 18.2 Å². The maximum atomic E-state index is 5.96. The van der Waals surface area contributed by atoms with E-state index >= 15 is 0 Å². The van der Waals surface area contributed by atoms with Gasteiger partial charge in [0.25, 0.3) is 0 Å². The summed E-state index contributed by atoms with van der Waals surface area (Å²) in [6.45, 7) is 4.39. The molecule has 0 atom stereocenters. The van der Waals surface area contributed by atoms with Crippen LogP contribution in [0.4, 0.5) is 0 Å². The number of methoxy groups -OCH3 is 1. The second-order valence-corrected chi connectivity index (χ2v) is 5.25. The number of benzene rings is 1. The van der Waals surface area contributed by atoms with Crippen LogP contribution >= 0.6 is 34.2 Å². The van der Waals surface area contributed by atoms with Crippen LogP contribution in [-0.2, 0) is 11.3 Å². The minimum Gasteiger partial charge on any atom is -0.383 e. The highest BCUT2D eigenvalue weighted by molar-refractivity contribution is 14.1. The molecule has 0 heterocycles. The Hall–Kier alpha value is 0.120. The first kappa shape index (κ1) is 15.2. The summed E-state index contributed by atoms with van der Waals surface area (Å²) in [6.07, 6.45) is 0. The molecule has 1 aromatic rings. The monoisotopic (exact) mass is 368 g/mol. The van der Waals surface area contributed by atoms with Gasteiger partial charge < -0.3 is 15.4 Å². The smallest absolute Gasteiger partial charge is 0.0587 e. The summed E-state index contributed by atoms with van der Waals surface area (Å²) in [6, 6.07) is 5.96. The maximum absolute atomic E-state index is 5.96. The van der Waals surface area contributed by atoms with Crippen molar-refractivity contribution in [1.82, 2.24) is 10.6 Å². The molecule has 0 unspecified atom stereocenters. The summed E-state index contributed by atoms with van der Waals surface area (Å²) in [5.74, 6) is 0. The average Bonchev–Trinajstić information content (AvgIpc) is 2.32. The zero-order valence-corrected chi connectivity index (χ0v) is 12.8. The van der Waals surface area contributed by atoms with Gasteiger partial charge in [-0.15, -0.1) is 0 Å². The number of halogens is 2. The molecule has 0 saturated carbocycles. The number of hydrogen-bond acceptors (Lipinski definition) is 3. The van der Waals surface area contributed by atoms with E-state index in [2.05, 4.69) is 33.2 Å². The Morgan fingerprint density at radius 3 is 2.76 bits per heavy atom. The summed E-state index contributed by atoms with van der Waals surface area (Å²) in [7, 11) is 1.71. The first-order valence-corrected chi connectivity index (χ1v) is 7.04. The molecule has 96 valence electrons. The van der Waals surface area contributed by atoms with Gasteiger partial charge in [-0.1, -0.05) is 11.6 Å². The van der Waals surface area contributed by atoms with Crippen molar-refractivity contribution in [2.45, 2.75) is 6.54 Å². The molecule has 0 spiro atoms. The topological polar surface area (TPSA) is 33.3 Å². The standard InChI is InChI=1S/C12H18ClIN2O/c1-17-7-6-15-4-5-16-9-10-8-11(13)2-3-12(10)14/h2-3,8,15-16H,4-7,9H2,1H3. The fraction of sp³-hybridized carbons (Fsp3) is 0.500. The molecule has 1 rings (SSSR count). The predicted octanol–water partition coefficient (Wildman–Crippen LogP) is 2.27. The average molecular weight is 369 g/mol. The minimum atomic E-state index is 0.756. The Morgan fingerprint density at radius 2 is 2.00 bits per heavy atom. The molecule has 0 aliphatic heterocycles. The van der Waals surface area contributed by atoms with Gasteiger partial charge in [-0.05, 0) is 46.4 Å². The molecule has 0 fully saturated rings. The van der Waals surface area contributed by atoms with Gasteiger partial charge in [0.15, 0.2) is 0 Å². The van der Waals surface area contributed by atoms with E-state index in [4.69, 9.17) is 16.3 Å². The van der Waals surface area contributed by atoms with E-state index in [1.54, 1.807) is 7.11 Å². The molecule has 0 aliphatic rings. The molecule has 0 aliphatic carbocycles. The lowest BCUT2D eigenvalue weighted by molar-refractivity contribution is 0.199. The number of ether oxygens (including phenoxy) is 1. The van der Waals surface area contributed by atoms with Gasteiger partial charge >= 0.3 is 0 Å². The normalized spacial score (nSPS) is 10.8. The minimum absolute atomic E-state index is 0.756. The van der Waals surface area contributed by atoms with E-state index in [0.717, 1.165) is 37.8 Å². The third-order valence-corrected chi connectivity index (χ3v) is 3.57. The first-order valence-electron chi connectivity index (χ1n) is 5.58. The third-order valence-electron chi connectivity index (χ3n) is 2.28. The molecule has 3 nitrogen and oxygen atoms in total. The van der Waals surface area contributed by atoms with Crippen molar-refractivity contribution in [1.29, 1.82) is 0 Å². The molecule has 0 amide bonds. The van der Waals surface area contributed by atoms with Crippen molar-refractivity contribution in [2.75, 3.05) is 33.4 Å². The zero-order chi connectivity index (χ0) is 12.5. The molecule has 0 saturated heterocycles. The maximum Gasteiger partial charge on any atom is 0.0587 e. The van der Waals surface area contributed by atoms with Gasteiger partial charge in [0.1, 0.15) is 0 Å². The third kappa shape index (κ3) is 6.57. The Balaban J connectivity index is 2.15. The summed E-state index contributed by atoms with van der Waals surface area (Å²) in [5.41, 5.74) is 1.25. The zero-order valence-electron chi connectivity index (χ0n) is 9.93. The lowest BCUT2D eigenvalue weighted by Gasteiger charge is -2.08. The molecular weight excluding hydrogens is 351 g/mol. The van der Waals surface area contributed by atoms with E-state index in [0.29, 0.717) is 0 Å². The number of nitrogens with one attached hydrogen (secondary N) is 2. The molecule has 0 aromatic heterocycles. The van der Waals surface area contributed by atoms with Crippen LogP contribution in [0.1, 0.15) is 5.56 Å². The first-order chi connectivity index (χ1) is 8.24. The number of hydrogen-bond donors (Lipinski definition) is 2. The van der Waals surface area contributed by atoms with E-state index in [1.165, 1.54) is 9.13 Å². The Kier molecular flexibility index (Phi) is 8.13. The largest absolute Gasteiger partial charge is 0.383 e. The van der Waals surface area contributed by atoms with Crippen LogP contribution in [0.5, 0.6) is 0 Å². The molecule has 17 heavy (non-hydrogen) atoms. The molecule has 5 heteroatoms. The molecule has 1 aromatic carbocycles. The SMILES string of the molecule is COCCNCCNCc1cc(Cl)ccc1I. The lowest BCUT2D eigenvalue weighted by Crippen LogP contribution is -2.29. The van der Waals surface area contributed by atoms with E-state index in [9.17, 15) is 0 Å². The molecular formula is C12H18ClIN2O. The molecule has 0 radical (unpaired) electrons. The highest BCUT2D eigenvalue weighted by Gasteiger charge is 1.99. The highest BCUT2D eigenvalue weighted by atomic mass is 127. The van der Waals surface area contributed by atoms with Crippen molar-refractivity contribution in [2.24, 2.45) is 0 Å². The van der Waals surface area contributed by atoms with Crippen LogP contribution in [-0.4, -0.2) is 33.4 Å². The van der Waals surface area contributed by atoms with Gasteiger partial charge in [-0.25, -0.2) is 0 Å². The Morgan fingerprint density at radius 1 is 1.24 bits per heavy atom. The van der Waals surface area contributed by atoms with Gasteiger partial charge in [-0.3, -0.25) is 0 Å². The van der Waals surface area contributed by atoms with Crippen molar-refractivity contribution in [3.05, 3.63) is 32.4 Å². The van der Waals surface area contributed by atoms with Gasteiger partial charge in [0.05, 0.1) is 6.61 Å². The molecule has 0 bridgehead atoms. The summed E-state index contributed by atoms with van der Waals surface area (Å²) < 4.78 is 6.19. The van der Waals surface area contributed by atoms with Crippen LogP contribution in [0.2, 0.25) is 5.02 Å². The number of rotatable bonds is 8. The van der Waals surface area contributed by atoms with Crippen LogP contribution in [0, 0.1) is 3.57 Å². The predicted molar refractivity (Wildman–Crippen MR) is 80.6 cm³/mol. The van der Waals surface area contributed by atoms with Gasteiger partial charge in [0.2, 0.25) is 0 Å². The van der Waals surface area contributed by atoms with Crippen molar-refractivity contribution < 1.29 is 4.74 Å². The second kappa shape index (κ2) is 9.10. The second-order valence-electron chi connectivity index (χ2n) is 3.66. The van der Waals surface area contributed by atoms with Crippen molar-refractivity contribution in [3.63, 3.8) is 0 Å². The van der Waals surface area contributed by atoms with E-state index in [-0.39, 0.29) is 0 Å². The van der Waals surface area contributed by atoms with E-state index < -0.39 is 0 Å². The summed E-state index contributed by atoms with van der Waals surface area (Å²) in [5, 5.41) is 7.46. The summed E-state index contributed by atoms with van der Waals surface area (Å²) in [4.78, 5) is 0. The van der Waals surface area contributed by atoms with Crippen molar-refractivity contribution in [3.8, 4) is 0 Å². The Labute approximate surface area is 121 Å². The van der Waals surface area contributed by atoms with Crippen LogP contribution in [0.25, 0.3) is 0 Å². The molecule has 2 N–H and O–H groups in total. The van der Waals surface area contributed by atoms with Crippen molar-refractivity contribution >= 4 is 34.2 Å². The van der Waals surface area contributed by atoms with Crippen LogP contribution in [0.3, 0.4) is 0 Å². The van der Waals surface area contributed by atoms with Gasteiger partial charge in [0, 0.05) is 41.9 Å². The van der Waals surface area contributed by atoms with Crippen LogP contribution < -0.4 is 10.6 Å². The summed E-state index contributed by atoms with van der Waals surface area (Å²) >= 11 is 8.28. The lowest BCUT2D eigenvalue weighted by atomic mass is 10.2. The fourth-order valence-electron chi connectivity index (χ4n) is 1.38. The van der Waals surface area contributed by atoms with E-state index in [1.807, 2.05) is 18.2 Å². The fourth-order valence-corrected chi connectivity index (χ4v) is 2.10.